The predicted octanol–water partition coefficient (Wildman–Crippen LogP) is 3.04. The zero-order valence-corrected chi connectivity index (χ0v) is 13.1. The fourth-order valence-corrected chi connectivity index (χ4v) is 2.54. The Morgan fingerprint density at radius 2 is 2.15 bits per heavy atom. The Bertz CT molecular complexity index is 497. The molecule has 0 bridgehead atoms. The van der Waals surface area contributed by atoms with Crippen LogP contribution in [-0.4, -0.2) is 38.4 Å². The van der Waals surface area contributed by atoms with Crippen molar-refractivity contribution in [2.45, 2.75) is 12.8 Å². The Morgan fingerprint density at radius 3 is 2.80 bits per heavy atom. The van der Waals surface area contributed by atoms with Gasteiger partial charge in [-0.25, -0.2) is 0 Å². The number of allylic oxidation sites excluding steroid dienone is 1. The van der Waals surface area contributed by atoms with Crippen LogP contribution in [0.5, 0.6) is 5.75 Å². The van der Waals surface area contributed by atoms with E-state index in [2.05, 4.69) is 4.90 Å². The van der Waals surface area contributed by atoms with Gasteiger partial charge in [-0.2, -0.15) is 0 Å². The summed E-state index contributed by atoms with van der Waals surface area (Å²) in [5.41, 5.74) is 1.98. The number of halogens is 1. The largest absolute Gasteiger partial charge is 0.497 e. The Balaban J connectivity index is 0.00000200. The van der Waals surface area contributed by atoms with Crippen molar-refractivity contribution in [1.29, 1.82) is 0 Å². The van der Waals surface area contributed by atoms with Crippen molar-refractivity contribution in [3.8, 4) is 5.75 Å². The molecule has 1 aromatic rings. The smallest absolute Gasteiger partial charge is 0.163 e. The average molecular weight is 296 g/mol. The minimum Gasteiger partial charge on any atom is -0.497 e. The van der Waals surface area contributed by atoms with Gasteiger partial charge in [-0.1, -0.05) is 12.1 Å². The van der Waals surface area contributed by atoms with Gasteiger partial charge in [0.2, 0.25) is 0 Å². The van der Waals surface area contributed by atoms with E-state index in [0.29, 0.717) is 5.78 Å². The Labute approximate surface area is 127 Å². The molecule has 1 aliphatic rings. The van der Waals surface area contributed by atoms with Crippen molar-refractivity contribution in [1.82, 2.24) is 4.90 Å². The maximum absolute atomic E-state index is 12.3. The molecule has 1 saturated carbocycles. The first-order chi connectivity index (χ1) is 9.10. The third-order valence-corrected chi connectivity index (χ3v) is 3.47. The van der Waals surface area contributed by atoms with Crippen LogP contribution in [0.2, 0.25) is 0 Å². The molecule has 0 aromatic heterocycles. The maximum atomic E-state index is 12.3. The van der Waals surface area contributed by atoms with E-state index in [1.54, 1.807) is 7.11 Å². The van der Waals surface area contributed by atoms with Crippen LogP contribution >= 0.6 is 12.4 Å². The van der Waals surface area contributed by atoms with Crippen molar-refractivity contribution in [2.75, 3.05) is 27.7 Å². The molecule has 4 heteroatoms. The van der Waals surface area contributed by atoms with E-state index in [4.69, 9.17) is 4.74 Å². The number of hydrogen-bond acceptors (Lipinski definition) is 3. The van der Waals surface area contributed by atoms with Gasteiger partial charge < -0.3 is 9.64 Å². The summed E-state index contributed by atoms with van der Waals surface area (Å²) in [4.78, 5) is 14.4. The maximum Gasteiger partial charge on any atom is 0.163 e. The second-order valence-electron chi connectivity index (χ2n) is 5.31. The van der Waals surface area contributed by atoms with Crippen molar-refractivity contribution in [2.24, 2.45) is 5.92 Å². The molecule has 0 spiro atoms. The molecule has 1 fully saturated rings. The minimum absolute atomic E-state index is 0. The summed E-state index contributed by atoms with van der Waals surface area (Å²) in [5, 5.41) is 0. The topological polar surface area (TPSA) is 29.5 Å². The number of rotatable bonds is 4. The van der Waals surface area contributed by atoms with Gasteiger partial charge in [0.1, 0.15) is 5.75 Å². The standard InChI is InChI=1S/C16H21NO2.ClH/c1-17(2)11-14-8-7-13(16(14)18)9-12-5-4-6-15(10-12)19-3;/h4-6,9-10,14H,7-8,11H2,1-3H3;1H/b13-9+;. The van der Waals surface area contributed by atoms with E-state index >= 15 is 0 Å². The molecule has 1 aromatic carbocycles. The van der Waals surface area contributed by atoms with Gasteiger partial charge in [0.15, 0.2) is 5.78 Å². The van der Waals surface area contributed by atoms with Crippen molar-refractivity contribution >= 4 is 24.3 Å². The number of methoxy groups -OCH3 is 1. The Hall–Kier alpha value is -1.32. The highest BCUT2D eigenvalue weighted by Gasteiger charge is 2.29. The van der Waals surface area contributed by atoms with Gasteiger partial charge in [0, 0.05) is 12.5 Å². The van der Waals surface area contributed by atoms with E-state index in [1.165, 1.54) is 0 Å². The lowest BCUT2D eigenvalue weighted by molar-refractivity contribution is -0.118. The van der Waals surface area contributed by atoms with Crippen LogP contribution in [0.3, 0.4) is 0 Å². The van der Waals surface area contributed by atoms with E-state index < -0.39 is 0 Å². The molecule has 0 amide bonds. The monoisotopic (exact) mass is 295 g/mol. The fourth-order valence-electron chi connectivity index (χ4n) is 2.54. The highest BCUT2D eigenvalue weighted by atomic mass is 35.5. The molecule has 0 saturated heterocycles. The van der Waals surface area contributed by atoms with Crippen LogP contribution in [0.15, 0.2) is 29.8 Å². The summed E-state index contributed by atoms with van der Waals surface area (Å²) in [5.74, 6) is 1.29. The van der Waals surface area contributed by atoms with Gasteiger partial charge in [-0.3, -0.25) is 4.79 Å². The molecule has 0 aliphatic heterocycles. The molecule has 110 valence electrons. The van der Waals surface area contributed by atoms with Gasteiger partial charge in [-0.15, -0.1) is 12.4 Å². The summed E-state index contributed by atoms with van der Waals surface area (Å²) in [6.07, 6.45) is 3.85. The van der Waals surface area contributed by atoms with E-state index in [9.17, 15) is 4.79 Å². The van der Waals surface area contributed by atoms with E-state index in [0.717, 1.165) is 36.3 Å². The van der Waals surface area contributed by atoms with Gasteiger partial charge in [0.05, 0.1) is 7.11 Å². The van der Waals surface area contributed by atoms with Gasteiger partial charge >= 0.3 is 0 Å². The molecule has 0 radical (unpaired) electrons. The van der Waals surface area contributed by atoms with Crippen molar-refractivity contribution in [3.63, 3.8) is 0 Å². The molecular formula is C16H22ClNO2. The molecule has 2 rings (SSSR count). The molecule has 0 heterocycles. The molecule has 1 unspecified atom stereocenters. The Kier molecular flexibility index (Phi) is 6.24. The zero-order valence-electron chi connectivity index (χ0n) is 12.3. The first kappa shape index (κ1) is 16.7. The summed E-state index contributed by atoms with van der Waals surface area (Å²) in [6.45, 7) is 0.842. The zero-order chi connectivity index (χ0) is 13.8. The van der Waals surface area contributed by atoms with Gasteiger partial charge in [-0.05, 0) is 56.3 Å². The minimum atomic E-state index is 0. The number of nitrogens with zero attached hydrogens (tertiary/aromatic N) is 1. The fraction of sp³-hybridized carbons (Fsp3) is 0.438. The Morgan fingerprint density at radius 1 is 1.40 bits per heavy atom. The predicted molar refractivity (Wildman–Crippen MR) is 84.5 cm³/mol. The summed E-state index contributed by atoms with van der Waals surface area (Å²) in [7, 11) is 5.67. The molecule has 20 heavy (non-hydrogen) atoms. The lowest BCUT2D eigenvalue weighted by atomic mass is 10.0. The summed E-state index contributed by atoms with van der Waals surface area (Å²) in [6, 6.07) is 7.82. The van der Waals surface area contributed by atoms with E-state index in [-0.39, 0.29) is 18.3 Å². The third kappa shape index (κ3) is 4.09. The third-order valence-electron chi connectivity index (χ3n) is 3.47. The van der Waals surface area contributed by atoms with Crippen LogP contribution in [0.4, 0.5) is 0 Å². The van der Waals surface area contributed by atoms with Crippen LogP contribution < -0.4 is 4.74 Å². The number of ketones is 1. The first-order valence-corrected chi connectivity index (χ1v) is 6.63. The first-order valence-electron chi connectivity index (χ1n) is 6.63. The van der Waals surface area contributed by atoms with Crippen LogP contribution in [0.25, 0.3) is 6.08 Å². The normalized spacial score (nSPS) is 20.3. The number of carbonyl (C=O) groups excluding carboxylic acids is 1. The van der Waals surface area contributed by atoms with Crippen LogP contribution in [-0.2, 0) is 4.79 Å². The SMILES string of the molecule is COc1cccc(/C=C2\CCC(CN(C)C)C2=O)c1.Cl. The number of Topliss-reactive ketones (excluding diaryl/α,β-unsaturated/α-hetero) is 1. The average Bonchev–Trinajstić information content (AvgIpc) is 2.71. The number of benzene rings is 1. The number of ether oxygens (including phenoxy) is 1. The quantitative estimate of drug-likeness (QED) is 0.800. The van der Waals surface area contributed by atoms with Gasteiger partial charge in [0.25, 0.3) is 0 Å². The molecule has 1 aliphatic carbocycles. The lowest BCUT2D eigenvalue weighted by Gasteiger charge is -2.13. The van der Waals surface area contributed by atoms with Crippen molar-refractivity contribution in [3.05, 3.63) is 35.4 Å². The van der Waals surface area contributed by atoms with Crippen molar-refractivity contribution < 1.29 is 9.53 Å². The van der Waals surface area contributed by atoms with E-state index in [1.807, 2.05) is 44.4 Å². The molecular weight excluding hydrogens is 274 g/mol. The highest BCUT2D eigenvalue weighted by Crippen LogP contribution is 2.29. The summed E-state index contributed by atoms with van der Waals surface area (Å²) >= 11 is 0. The van der Waals surface area contributed by atoms with Crippen LogP contribution in [0, 0.1) is 5.92 Å². The molecule has 1 atom stereocenters. The second kappa shape index (κ2) is 7.46. The second-order valence-corrected chi connectivity index (χ2v) is 5.31. The molecule has 0 N–H and O–H groups in total. The lowest BCUT2D eigenvalue weighted by Crippen LogP contribution is -2.24. The number of carbonyl (C=O) groups is 1. The number of hydrogen-bond donors (Lipinski definition) is 0. The summed E-state index contributed by atoms with van der Waals surface area (Å²) < 4.78 is 5.20. The highest BCUT2D eigenvalue weighted by molar-refractivity contribution is 6.03. The molecule has 3 nitrogen and oxygen atoms in total. The van der Waals surface area contributed by atoms with Crippen LogP contribution in [0.1, 0.15) is 18.4 Å².